The summed E-state index contributed by atoms with van der Waals surface area (Å²) >= 11 is 1.52. The van der Waals surface area contributed by atoms with Crippen molar-refractivity contribution in [2.45, 2.75) is 18.6 Å². The zero-order valence-corrected chi connectivity index (χ0v) is 17.7. The number of hydrogen-bond acceptors (Lipinski definition) is 7. The van der Waals surface area contributed by atoms with Gasteiger partial charge >= 0.3 is 0 Å². The van der Waals surface area contributed by atoms with E-state index >= 15 is 0 Å². The molecule has 1 aromatic carbocycles. The third-order valence-corrected chi connectivity index (χ3v) is 5.34. The summed E-state index contributed by atoms with van der Waals surface area (Å²) in [6.07, 6.45) is 3.21. The summed E-state index contributed by atoms with van der Waals surface area (Å²) in [6, 6.07) is 16.3. The molecule has 4 aromatic rings. The second-order valence-corrected chi connectivity index (χ2v) is 7.47. The molecule has 0 aliphatic rings. The SMILES string of the molecule is CCn1c(SCCNC(=O)c2cccnc2Oc2ccccc2)nnc1-c1ccco1. The van der Waals surface area contributed by atoms with E-state index in [0.29, 0.717) is 41.7 Å². The van der Waals surface area contributed by atoms with Gasteiger partial charge in [-0.3, -0.25) is 9.36 Å². The molecule has 158 valence electrons. The van der Waals surface area contributed by atoms with E-state index in [9.17, 15) is 4.79 Å². The van der Waals surface area contributed by atoms with Gasteiger partial charge in [-0.25, -0.2) is 4.98 Å². The minimum atomic E-state index is -0.243. The summed E-state index contributed by atoms with van der Waals surface area (Å²) in [4.78, 5) is 16.9. The highest BCUT2D eigenvalue weighted by atomic mass is 32.2. The Morgan fingerprint density at radius 1 is 1.13 bits per heavy atom. The number of ether oxygens (including phenoxy) is 1. The Kier molecular flexibility index (Phi) is 6.63. The van der Waals surface area contributed by atoms with Crippen LogP contribution in [0.15, 0.2) is 76.6 Å². The van der Waals surface area contributed by atoms with Crippen LogP contribution in [-0.2, 0) is 6.54 Å². The number of furan rings is 1. The van der Waals surface area contributed by atoms with Crippen LogP contribution in [0.1, 0.15) is 17.3 Å². The molecular weight excluding hydrogens is 414 g/mol. The monoisotopic (exact) mass is 435 g/mol. The fourth-order valence-corrected chi connectivity index (χ4v) is 3.77. The van der Waals surface area contributed by atoms with Crippen LogP contribution in [0, 0.1) is 0 Å². The Morgan fingerprint density at radius 3 is 2.77 bits per heavy atom. The van der Waals surface area contributed by atoms with Gasteiger partial charge in [-0.1, -0.05) is 30.0 Å². The van der Waals surface area contributed by atoms with Crippen LogP contribution in [0.5, 0.6) is 11.6 Å². The highest BCUT2D eigenvalue weighted by Gasteiger charge is 2.16. The van der Waals surface area contributed by atoms with Crippen LogP contribution in [0.2, 0.25) is 0 Å². The van der Waals surface area contributed by atoms with Crippen LogP contribution in [0.3, 0.4) is 0 Å². The van der Waals surface area contributed by atoms with Gasteiger partial charge in [0, 0.05) is 25.0 Å². The normalized spacial score (nSPS) is 10.7. The number of thioether (sulfide) groups is 1. The molecular formula is C22H21N5O3S. The number of amides is 1. The lowest BCUT2D eigenvalue weighted by Crippen LogP contribution is -2.26. The van der Waals surface area contributed by atoms with Crippen LogP contribution in [0.25, 0.3) is 11.6 Å². The van der Waals surface area contributed by atoms with Crippen LogP contribution < -0.4 is 10.1 Å². The molecule has 4 rings (SSSR count). The van der Waals surface area contributed by atoms with E-state index in [4.69, 9.17) is 9.15 Å². The minimum absolute atomic E-state index is 0.243. The third kappa shape index (κ3) is 4.95. The number of carbonyl (C=O) groups is 1. The molecule has 3 heterocycles. The summed E-state index contributed by atoms with van der Waals surface area (Å²) in [7, 11) is 0. The lowest BCUT2D eigenvalue weighted by molar-refractivity contribution is 0.0953. The number of pyridine rings is 1. The molecule has 9 heteroatoms. The zero-order chi connectivity index (χ0) is 21.5. The summed E-state index contributed by atoms with van der Waals surface area (Å²) < 4.78 is 13.2. The molecule has 0 radical (unpaired) electrons. The maximum Gasteiger partial charge on any atom is 0.256 e. The largest absolute Gasteiger partial charge is 0.461 e. The first-order valence-electron chi connectivity index (χ1n) is 9.82. The Hall–Kier alpha value is -3.59. The molecule has 0 atom stereocenters. The van der Waals surface area contributed by atoms with Gasteiger partial charge in [-0.15, -0.1) is 10.2 Å². The third-order valence-electron chi connectivity index (χ3n) is 4.37. The highest BCUT2D eigenvalue weighted by molar-refractivity contribution is 7.99. The second-order valence-electron chi connectivity index (χ2n) is 6.40. The highest BCUT2D eigenvalue weighted by Crippen LogP contribution is 2.24. The molecule has 0 aliphatic heterocycles. The molecule has 0 fully saturated rings. The van der Waals surface area contributed by atoms with Gasteiger partial charge in [0.25, 0.3) is 5.91 Å². The number of rotatable bonds is 9. The average Bonchev–Trinajstić information content (AvgIpc) is 3.47. The van der Waals surface area contributed by atoms with Gasteiger partial charge in [-0.05, 0) is 43.3 Å². The maximum absolute atomic E-state index is 12.7. The second kappa shape index (κ2) is 9.94. The van der Waals surface area contributed by atoms with Crippen molar-refractivity contribution in [1.82, 2.24) is 25.1 Å². The molecule has 0 spiro atoms. The van der Waals surface area contributed by atoms with Gasteiger partial charge in [0.05, 0.1) is 6.26 Å². The number of nitrogens with zero attached hydrogens (tertiary/aromatic N) is 4. The van der Waals surface area contributed by atoms with Crippen LogP contribution in [-0.4, -0.2) is 38.0 Å². The Bertz CT molecular complexity index is 1130. The van der Waals surface area contributed by atoms with Crippen LogP contribution in [0.4, 0.5) is 0 Å². The number of carbonyl (C=O) groups excluding carboxylic acids is 1. The number of benzene rings is 1. The fraction of sp³-hybridized carbons (Fsp3) is 0.182. The minimum Gasteiger partial charge on any atom is -0.461 e. The van der Waals surface area contributed by atoms with Crippen molar-refractivity contribution in [2.24, 2.45) is 0 Å². The zero-order valence-electron chi connectivity index (χ0n) is 16.9. The Balaban J connectivity index is 1.34. The molecule has 0 saturated heterocycles. The van der Waals surface area contributed by atoms with E-state index in [0.717, 1.165) is 5.16 Å². The van der Waals surface area contributed by atoms with Gasteiger partial charge in [0.15, 0.2) is 16.7 Å². The van der Waals surface area contributed by atoms with Crippen molar-refractivity contribution in [2.75, 3.05) is 12.3 Å². The summed E-state index contributed by atoms with van der Waals surface area (Å²) in [5.41, 5.74) is 0.383. The molecule has 1 amide bonds. The van der Waals surface area contributed by atoms with E-state index in [1.54, 1.807) is 24.6 Å². The summed E-state index contributed by atoms with van der Waals surface area (Å²) in [6.45, 7) is 3.20. The Morgan fingerprint density at radius 2 is 2.00 bits per heavy atom. The molecule has 0 aliphatic carbocycles. The smallest absolute Gasteiger partial charge is 0.256 e. The van der Waals surface area contributed by atoms with Crippen molar-refractivity contribution in [1.29, 1.82) is 0 Å². The first-order valence-corrected chi connectivity index (χ1v) is 10.8. The lowest BCUT2D eigenvalue weighted by atomic mass is 10.2. The van der Waals surface area contributed by atoms with E-state index < -0.39 is 0 Å². The molecule has 0 saturated carbocycles. The maximum atomic E-state index is 12.7. The quantitative estimate of drug-likeness (QED) is 0.310. The number of nitrogens with one attached hydrogen (secondary N) is 1. The van der Waals surface area contributed by atoms with Crippen molar-refractivity contribution < 1.29 is 13.9 Å². The number of aromatic nitrogens is 4. The predicted octanol–water partition coefficient (Wildman–Crippen LogP) is 4.27. The number of para-hydroxylation sites is 1. The molecule has 31 heavy (non-hydrogen) atoms. The average molecular weight is 436 g/mol. The van der Waals surface area contributed by atoms with Crippen LogP contribution >= 0.6 is 11.8 Å². The van der Waals surface area contributed by atoms with Gasteiger partial charge < -0.3 is 14.5 Å². The molecule has 0 bridgehead atoms. The van der Waals surface area contributed by atoms with Crippen molar-refractivity contribution in [3.05, 3.63) is 72.6 Å². The van der Waals surface area contributed by atoms with E-state index in [2.05, 4.69) is 20.5 Å². The fourth-order valence-electron chi connectivity index (χ4n) is 2.92. The van der Waals surface area contributed by atoms with Crippen molar-refractivity contribution in [3.63, 3.8) is 0 Å². The van der Waals surface area contributed by atoms with E-state index in [1.165, 1.54) is 11.8 Å². The lowest BCUT2D eigenvalue weighted by Gasteiger charge is -2.10. The van der Waals surface area contributed by atoms with Crippen molar-refractivity contribution in [3.8, 4) is 23.2 Å². The number of hydrogen-bond donors (Lipinski definition) is 1. The van der Waals surface area contributed by atoms with Gasteiger partial charge in [-0.2, -0.15) is 0 Å². The molecule has 8 nitrogen and oxygen atoms in total. The summed E-state index contributed by atoms with van der Waals surface area (Å²) in [5, 5.41) is 12.2. The Labute approximate surface area is 183 Å². The molecule has 1 N–H and O–H groups in total. The summed E-state index contributed by atoms with van der Waals surface area (Å²) in [5.74, 6) is 2.66. The van der Waals surface area contributed by atoms with Gasteiger partial charge in [0.1, 0.15) is 11.3 Å². The first kappa shape index (κ1) is 20.7. The molecule has 0 unspecified atom stereocenters. The van der Waals surface area contributed by atoms with Gasteiger partial charge in [0.2, 0.25) is 5.88 Å². The standard InChI is InChI=1S/C22H21N5O3S/c1-2-27-19(18-11-7-14-29-18)25-26-22(27)31-15-13-23-20(28)17-10-6-12-24-21(17)30-16-8-4-3-5-9-16/h3-12,14H,2,13,15H2,1H3,(H,23,28). The van der Waals surface area contributed by atoms with Crippen molar-refractivity contribution >= 4 is 17.7 Å². The molecule has 3 aromatic heterocycles. The topological polar surface area (TPSA) is 95.1 Å². The van der Waals surface area contributed by atoms with E-state index in [1.807, 2.05) is 54.0 Å². The predicted molar refractivity (Wildman–Crippen MR) is 117 cm³/mol. The first-order chi connectivity index (χ1) is 15.3. The van der Waals surface area contributed by atoms with E-state index in [-0.39, 0.29) is 11.8 Å².